The summed E-state index contributed by atoms with van der Waals surface area (Å²) in [6.45, 7) is 6.23. The van der Waals surface area contributed by atoms with E-state index in [0.29, 0.717) is 13.3 Å². The van der Waals surface area contributed by atoms with Gasteiger partial charge in [-0.15, -0.1) is 5.73 Å². The molecule has 0 rings (SSSR count). The third-order valence-electron chi connectivity index (χ3n) is 0.806. The molecule has 0 radical (unpaired) electrons. The van der Waals surface area contributed by atoms with Gasteiger partial charge in [-0.1, -0.05) is 6.58 Å². The SMILES string of the molecule is C=C=C(C)COCNN. The molecule has 0 fully saturated rings. The molecule has 0 aromatic heterocycles. The summed E-state index contributed by atoms with van der Waals surface area (Å²) in [5.74, 6) is 4.94. The molecule has 0 saturated carbocycles. The van der Waals surface area contributed by atoms with Crippen LogP contribution in [0.4, 0.5) is 0 Å². The highest BCUT2D eigenvalue weighted by atomic mass is 16.5. The van der Waals surface area contributed by atoms with Gasteiger partial charge in [-0.3, -0.25) is 5.84 Å². The zero-order chi connectivity index (χ0) is 7.11. The maximum Gasteiger partial charge on any atom is 0.109 e. The molecule has 0 aromatic rings. The van der Waals surface area contributed by atoms with E-state index in [9.17, 15) is 0 Å². The minimum absolute atomic E-state index is 0.360. The first-order valence-corrected chi connectivity index (χ1v) is 2.68. The zero-order valence-corrected chi connectivity index (χ0v) is 5.61. The Hall–Kier alpha value is -0.600. The van der Waals surface area contributed by atoms with Crippen LogP contribution < -0.4 is 11.3 Å². The molecule has 0 unspecified atom stereocenters. The minimum atomic E-state index is 0.360. The fourth-order valence-corrected chi connectivity index (χ4v) is 0.314. The minimum Gasteiger partial charge on any atom is -0.360 e. The van der Waals surface area contributed by atoms with E-state index < -0.39 is 0 Å². The summed E-state index contributed by atoms with van der Waals surface area (Å²) >= 11 is 0. The number of ether oxygens (including phenoxy) is 1. The lowest BCUT2D eigenvalue weighted by Crippen LogP contribution is -2.25. The van der Waals surface area contributed by atoms with Crippen molar-refractivity contribution in [1.29, 1.82) is 0 Å². The van der Waals surface area contributed by atoms with Crippen molar-refractivity contribution in [1.82, 2.24) is 5.43 Å². The predicted molar refractivity (Wildman–Crippen MR) is 36.5 cm³/mol. The summed E-state index contributed by atoms with van der Waals surface area (Å²) in [5, 5.41) is 0. The summed E-state index contributed by atoms with van der Waals surface area (Å²) < 4.78 is 4.96. The fraction of sp³-hybridized carbons (Fsp3) is 0.500. The molecule has 0 atom stereocenters. The average Bonchev–Trinajstić information content (AvgIpc) is 1.89. The summed E-state index contributed by atoms with van der Waals surface area (Å²) in [4.78, 5) is 0. The van der Waals surface area contributed by atoms with Crippen molar-refractivity contribution in [2.45, 2.75) is 6.92 Å². The first kappa shape index (κ1) is 8.40. The molecule has 3 N–H and O–H groups in total. The van der Waals surface area contributed by atoms with Crippen LogP contribution in [0.1, 0.15) is 6.92 Å². The second-order valence-electron chi connectivity index (χ2n) is 1.65. The highest BCUT2D eigenvalue weighted by molar-refractivity contribution is 4.93. The maximum atomic E-state index is 4.96. The van der Waals surface area contributed by atoms with Crippen LogP contribution in [0.2, 0.25) is 0 Å². The van der Waals surface area contributed by atoms with Gasteiger partial charge in [-0.05, 0) is 12.5 Å². The van der Waals surface area contributed by atoms with Crippen LogP contribution in [0.3, 0.4) is 0 Å². The van der Waals surface area contributed by atoms with Crippen LogP contribution in [0.5, 0.6) is 0 Å². The number of nitrogens with two attached hydrogens (primary N) is 1. The van der Waals surface area contributed by atoms with Crippen molar-refractivity contribution < 1.29 is 4.74 Å². The zero-order valence-electron chi connectivity index (χ0n) is 5.61. The van der Waals surface area contributed by atoms with Gasteiger partial charge in [0.15, 0.2) is 0 Å². The summed E-state index contributed by atoms with van der Waals surface area (Å²) in [6.07, 6.45) is 0. The normalized spacial score (nSPS) is 8.67. The number of hydrazine groups is 1. The number of nitrogens with one attached hydrogen (secondary N) is 1. The van der Waals surface area contributed by atoms with Crippen molar-refractivity contribution >= 4 is 0 Å². The average molecular weight is 128 g/mol. The van der Waals surface area contributed by atoms with Crippen molar-refractivity contribution in [3.8, 4) is 0 Å². The Labute approximate surface area is 55.2 Å². The Balaban J connectivity index is 3.17. The van der Waals surface area contributed by atoms with E-state index in [0.717, 1.165) is 5.57 Å². The molecule has 9 heavy (non-hydrogen) atoms. The van der Waals surface area contributed by atoms with Gasteiger partial charge in [0.25, 0.3) is 0 Å². The highest BCUT2D eigenvalue weighted by Crippen LogP contribution is 1.86. The third-order valence-corrected chi connectivity index (χ3v) is 0.806. The second kappa shape index (κ2) is 5.54. The molecule has 0 saturated heterocycles. The predicted octanol–water partition coefficient (Wildman–Crippen LogP) is 0.155. The van der Waals surface area contributed by atoms with Gasteiger partial charge in [-0.2, -0.15) is 0 Å². The van der Waals surface area contributed by atoms with Gasteiger partial charge in [-0.25, -0.2) is 5.43 Å². The van der Waals surface area contributed by atoms with Crippen molar-refractivity contribution in [3.63, 3.8) is 0 Å². The molecule has 0 amide bonds. The van der Waals surface area contributed by atoms with Crippen LogP contribution in [-0.4, -0.2) is 13.3 Å². The van der Waals surface area contributed by atoms with E-state index in [2.05, 4.69) is 17.7 Å². The quantitative estimate of drug-likeness (QED) is 0.186. The van der Waals surface area contributed by atoms with Crippen molar-refractivity contribution in [3.05, 3.63) is 17.9 Å². The van der Waals surface area contributed by atoms with Gasteiger partial charge < -0.3 is 4.74 Å². The molecule has 3 nitrogen and oxygen atoms in total. The number of hydrogen-bond donors (Lipinski definition) is 2. The first-order chi connectivity index (χ1) is 4.31. The lowest BCUT2D eigenvalue weighted by atomic mass is 10.4. The summed E-state index contributed by atoms with van der Waals surface area (Å²) in [5.41, 5.74) is 6.04. The van der Waals surface area contributed by atoms with Crippen LogP contribution >= 0.6 is 0 Å². The van der Waals surface area contributed by atoms with Crippen LogP contribution in [0.15, 0.2) is 17.9 Å². The number of hydrogen-bond acceptors (Lipinski definition) is 3. The Kier molecular flexibility index (Phi) is 5.17. The molecule has 0 aliphatic heterocycles. The third kappa shape index (κ3) is 5.27. The van der Waals surface area contributed by atoms with Gasteiger partial charge in [0.05, 0.1) is 6.61 Å². The van der Waals surface area contributed by atoms with Crippen molar-refractivity contribution in [2.75, 3.05) is 13.3 Å². The van der Waals surface area contributed by atoms with Crippen LogP contribution in [0.25, 0.3) is 0 Å². The van der Waals surface area contributed by atoms with E-state index in [4.69, 9.17) is 10.6 Å². The molecule has 0 aromatic carbocycles. The second-order valence-corrected chi connectivity index (χ2v) is 1.65. The van der Waals surface area contributed by atoms with Gasteiger partial charge in [0.2, 0.25) is 0 Å². The lowest BCUT2D eigenvalue weighted by molar-refractivity contribution is 0.137. The maximum absolute atomic E-state index is 4.96. The molecular formula is C6H12N2O. The van der Waals surface area contributed by atoms with E-state index in [-0.39, 0.29) is 0 Å². The molecule has 0 aliphatic rings. The molecule has 3 heteroatoms. The Morgan fingerprint density at radius 2 is 2.56 bits per heavy atom. The Morgan fingerprint density at radius 3 is 3.00 bits per heavy atom. The van der Waals surface area contributed by atoms with E-state index in [1.165, 1.54) is 0 Å². The van der Waals surface area contributed by atoms with E-state index in [1.54, 1.807) is 0 Å². The molecular weight excluding hydrogens is 116 g/mol. The standard InChI is InChI=1S/C6H12N2O/c1-3-6(2)4-9-5-8-7/h8H,1,4-5,7H2,2H3. The number of rotatable bonds is 4. The molecule has 0 aliphatic carbocycles. The highest BCUT2D eigenvalue weighted by Gasteiger charge is 1.84. The van der Waals surface area contributed by atoms with Gasteiger partial charge >= 0.3 is 0 Å². The van der Waals surface area contributed by atoms with E-state index >= 15 is 0 Å². The largest absolute Gasteiger partial charge is 0.360 e. The Bertz CT molecular complexity index is 116. The van der Waals surface area contributed by atoms with Gasteiger partial charge in [0, 0.05) is 0 Å². The van der Waals surface area contributed by atoms with Crippen molar-refractivity contribution in [2.24, 2.45) is 5.84 Å². The van der Waals surface area contributed by atoms with Crippen LogP contribution in [0, 0.1) is 0 Å². The summed E-state index contributed by atoms with van der Waals surface area (Å²) in [6, 6.07) is 0. The fourth-order valence-electron chi connectivity index (χ4n) is 0.314. The lowest BCUT2D eigenvalue weighted by Gasteiger charge is -1.99. The molecule has 0 spiro atoms. The smallest absolute Gasteiger partial charge is 0.109 e. The Morgan fingerprint density at radius 1 is 1.89 bits per heavy atom. The molecule has 0 heterocycles. The van der Waals surface area contributed by atoms with Crippen LogP contribution in [-0.2, 0) is 4.74 Å². The first-order valence-electron chi connectivity index (χ1n) is 2.68. The summed E-state index contributed by atoms with van der Waals surface area (Å²) in [7, 11) is 0. The molecule has 0 bridgehead atoms. The molecule has 52 valence electrons. The van der Waals surface area contributed by atoms with Gasteiger partial charge in [0.1, 0.15) is 6.73 Å². The monoisotopic (exact) mass is 128 g/mol. The topological polar surface area (TPSA) is 47.3 Å². The van der Waals surface area contributed by atoms with E-state index in [1.807, 2.05) is 6.92 Å².